The van der Waals surface area contributed by atoms with Crippen LogP contribution in [0.2, 0.25) is 0 Å². The number of hydrogen-bond donors (Lipinski definition) is 1. The Hall–Kier alpha value is -3.15. The number of ketones is 1. The van der Waals surface area contributed by atoms with Crippen LogP contribution in [0.3, 0.4) is 0 Å². The molecule has 5 atom stereocenters. The van der Waals surface area contributed by atoms with Crippen LogP contribution in [0.4, 0.5) is 0 Å². The molecule has 0 radical (unpaired) electrons. The maximum atomic E-state index is 13.2. The minimum absolute atomic E-state index is 0.0102. The first kappa shape index (κ1) is 25.9. The number of carbonyl (C=O) groups excluding carboxylic acids is 2. The number of nitrogens with zero attached hydrogens (tertiary/aromatic N) is 1. The second-order valence-corrected chi connectivity index (χ2v) is 10.4. The van der Waals surface area contributed by atoms with Crippen molar-refractivity contribution >= 4 is 18.0 Å². The summed E-state index contributed by atoms with van der Waals surface area (Å²) in [7, 11) is 1.50. The molecule has 1 fully saturated rings. The second kappa shape index (κ2) is 11.3. The summed E-state index contributed by atoms with van der Waals surface area (Å²) >= 11 is 0. The van der Waals surface area contributed by atoms with E-state index in [-0.39, 0.29) is 41.2 Å². The van der Waals surface area contributed by atoms with Crippen molar-refractivity contribution < 1.29 is 24.2 Å². The zero-order valence-electron chi connectivity index (χ0n) is 21.5. The molecule has 1 spiro atoms. The number of aliphatic imine (C=N–C) groups is 1. The van der Waals surface area contributed by atoms with Gasteiger partial charge < -0.3 is 14.6 Å². The van der Waals surface area contributed by atoms with Gasteiger partial charge in [-0.3, -0.25) is 14.6 Å². The van der Waals surface area contributed by atoms with Crippen molar-refractivity contribution in [2.45, 2.75) is 58.5 Å². The van der Waals surface area contributed by atoms with Gasteiger partial charge in [-0.25, -0.2) is 0 Å². The summed E-state index contributed by atoms with van der Waals surface area (Å²) < 4.78 is 11.1. The fourth-order valence-corrected chi connectivity index (χ4v) is 6.11. The lowest BCUT2D eigenvalue weighted by Crippen LogP contribution is -2.44. The SMILES string of the molecule is COc1cc(CCC(=O)C[C@H](OC(C)=O)[C@@H]2C[C@]3(C=CC=C[C@@H]3C)CC[C@H]2C2=CCN=C2)ccc1O. The summed E-state index contributed by atoms with van der Waals surface area (Å²) in [5.74, 6) is 0.814. The molecule has 0 bridgehead atoms. The molecule has 2 aliphatic carbocycles. The minimum Gasteiger partial charge on any atom is -0.504 e. The smallest absolute Gasteiger partial charge is 0.302 e. The van der Waals surface area contributed by atoms with Crippen LogP contribution in [0.1, 0.15) is 51.5 Å². The number of Topliss-reactive ketones (excluding diaryl/α,β-unsaturated/α-hetero) is 1. The summed E-state index contributed by atoms with van der Waals surface area (Å²) in [6.07, 6.45) is 16.4. The average Bonchev–Trinajstić information content (AvgIpc) is 3.39. The maximum absolute atomic E-state index is 13.2. The Labute approximate surface area is 213 Å². The number of phenols is 1. The number of aromatic hydroxyl groups is 1. The summed E-state index contributed by atoms with van der Waals surface area (Å²) in [5.41, 5.74) is 2.13. The van der Waals surface area contributed by atoms with Gasteiger partial charge in [0, 0.05) is 31.9 Å². The first-order chi connectivity index (χ1) is 17.3. The van der Waals surface area contributed by atoms with Gasteiger partial charge in [-0.1, -0.05) is 43.4 Å². The molecule has 1 heterocycles. The number of rotatable bonds is 9. The molecule has 0 aromatic heterocycles. The molecule has 4 rings (SSSR count). The topological polar surface area (TPSA) is 85.2 Å². The summed E-state index contributed by atoms with van der Waals surface area (Å²) in [6, 6.07) is 5.13. The monoisotopic (exact) mass is 491 g/mol. The van der Waals surface area contributed by atoms with Crippen LogP contribution < -0.4 is 4.74 Å². The Balaban J connectivity index is 1.53. The van der Waals surface area contributed by atoms with Crippen molar-refractivity contribution in [3.63, 3.8) is 0 Å². The standard InChI is InChI=1S/C30H37NO5/c1-20-6-4-5-13-30(20)14-11-25(23-12-15-31-19-23)26(18-30)28(36-21(2)32)17-24(33)9-7-22-8-10-27(34)29(16-22)35-3/h4-6,8,10,12-13,16,19-20,25-26,28,34H,7,9,11,14-15,17-18H2,1-3H3/t20-,25-,26+,28-,30-/m0/s1. The van der Waals surface area contributed by atoms with Crippen molar-refractivity contribution in [1.29, 1.82) is 0 Å². The van der Waals surface area contributed by atoms with E-state index in [4.69, 9.17) is 9.47 Å². The third-order valence-electron chi connectivity index (χ3n) is 8.16. The molecule has 1 aromatic carbocycles. The molecule has 1 aliphatic heterocycles. The van der Waals surface area contributed by atoms with E-state index in [0.29, 0.717) is 31.1 Å². The maximum Gasteiger partial charge on any atom is 0.302 e. The summed E-state index contributed by atoms with van der Waals surface area (Å²) in [6.45, 7) is 4.37. The van der Waals surface area contributed by atoms with Crippen LogP contribution in [0, 0.1) is 23.2 Å². The van der Waals surface area contributed by atoms with Crippen LogP contribution in [0.25, 0.3) is 0 Å². The van der Waals surface area contributed by atoms with Gasteiger partial charge in [0.2, 0.25) is 0 Å². The van der Waals surface area contributed by atoms with Gasteiger partial charge in [0.15, 0.2) is 11.5 Å². The molecule has 1 saturated carbocycles. The van der Waals surface area contributed by atoms with Crippen LogP contribution in [0.5, 0.6) is 11.5 Å². The second-order valence-electron chi connectivity index (χ2n) is 10.4. The van der Waals surface area contributed by atoms with Crippen LogP contribution in [0.15, 0.2) is 59.1 Å². The highest BCUT2D eigenvalue weighted by Crippen LogP contribution is 2.53. The molecule has 3 aliphatic rings. The van der Waals surface area contributed by atoms with Crippen LogP contribution >= 0.6 is 0 Å². The molecule has 0 amide bonds. The van der Waals surface area contributed by atoms with Gasteiger partial charge in [-0.05, 0) is 66.2 Å². The zero-order valence-corrected chi connectivity index (χ0v) is 21.5. The lowest BCUT2D eigenvalue weighted by Gasteiger charge is -2.48. The molecule has 1 aromatic rings. The summed E-state index contributed by atoms with van der Waals surface area (Å²) in [4.78, 5) is 29.8. The Bertz CT molecular complexity index is 1100. The average molecular weight is 492 g/mol. The highest BCUT2D eigenvalue weighted by molar-refractivity contribution is 5.82. The first-order valence-corrected chi connectivity index (χ1v) is 12.9. The van der Waals surface area contributed by atoms with Gasteiger partial charge >= 0.3 is 5.97 Å². The fourth-order valence-electron chi connectivity index (χ4n) is 6.11. The third-order valence-corrected chi connectivity index (χ3v) is 8.16. The number of phenolic OH excluding ortho intramolecular Hbond substituents is 1. The van der Waals surface area contributed by atoms with Crippen molar-refractivity contribution in [2.75, 3.05) is 13.7 Å². The van der Waals surface area contributed by atoms with E-state index in [9.17, 15) is 14.7 Å². The predicted molar refractivity (Wildman–Crippen MR) is 140 cm³/mol. The van der Waals surface area contributed by atoms with Crippen molar-refractivity contribution in [2.24, 2.45) is 28.2 Å². The number of aryl methyl sites for hydroxylation is 1. The lowest BCUT2D eigenvalue weighted by molar-refractivity contribution is -0.153. The Kier molecular flexibility index (Phi) is 8.12. The van der Waals surface area contributed by atoms with E-state index in [1.165, 1.54) is 19.6 Å². The van der Waals surface area contributed by atoms with Crippen molar-refractivity contribution in [3.8, 4) is 11.5 Å². The number of carbonyl (C=O) groups is 2. The van der Waals surface area contributed by atoms with Gasteiger partial charge in [0.1, 0.15) is 11.9 Å². The van der Waals surface area contributed by atoms with Gasteiger partial charge in [0.25, 0.3) is 0 Å². The fraction of sp³-hybridized carbons (Fsp3) is 0.500. The van der Waals surface area contributed by atoms with Gasteiger partial charge in [-0.15, -0.1) is 0 Å². The molecular weight excluding hydrogens is 454 g/mol. The highest BCUT2D eigenvalue weighted by atomic mass is 16.5. The molecule has 0 unspecified atom stereocenters. The van der Waals surface area contributed by atoms with Gasteiger partial charge in [-0.2, -0.15) is 0 Å². The minimum atomic E-state index is -0.479. The normalized spacial score (nSPS) is 27.6. The van der Waals surface area contributed by atoms with E-state index < -0.39 is 6.10 Å². The van der Waals surface area contributed by atoms with E-state index in [1.807, 2.05) is 6.21 Å². The predicted octanol–water partition coefficient (Wildman–Crippen LogP) is 5.40. The van der Waals surface area contributed by atoms with Gasteiger partial charge in [0.05, 0.1) is 13.7 Å². The van der Waals surface area contributed by atoms with E-state index in [0.717, 1.165) is 24.8 Å². The quantitative estimate of drug-likeness (QED) is 0.468. The molecule has 1 N–H and O–H groups in total. The first-order valence-electron chi connectivity index (χ1n) is 12.9. The lowest BCUT2D eigenvalue weighted by atomic mass is 9.57. The molecular formula is C30H37NO5. The molecule has 192 valence electrons. The van der Waals surface area contributed by atoms with Crippen molar-refractivity contribution in [3.05, 3.63) is 59.7 Å². The van der Waals surface area contributed by atoms with Crippen molar-refractivity contribution in [1.82, 2.24) is 0 Å². The number of ether oxygens (including phenoxy) is 2. The Morgan fingerprint density at radius 2 is 2.11 bits per heavy atom. The summed E-state index contributed by atoms with van der Waals surface area (Å²) in [5, 5.41) is 9.83. The number of benzene rings is 1. The zero-order chi connectivity index (χ0) is 25.7. The third kappa shape index (κ3) is 5.80. The van der Waals surface area contributed by atoms with E-state index in [2.05, 4.69) is 42.3 Å². The number of methoxy groups -OCH3 is 1. The number of allylic oxidation sites excluding steroid dienone is 5. The number of esters is 1. The number of hydrogen-bond acceptors (Lipinski definition) is 6. The Morgan fingerprint density at radius 1 is 1.28 bits per heavy atom. The van der Waals surface area contributed by atoms with E-state index >= 15 is 0 Å². The molecule has 36 heavy (non-hydrogen) atoms. The highest BCUT2D eigenvalue weighted by Gasteiger charge is 2.47. The van der Waals surface area contributed by atoms with Crippen LogP contribution in [-0.4, -0.2) is 42.8 Å². The van der Waals surface area contributed by atoms with Crippen LogP contribution in [-0.2, 0) is 20.7 Å². The molecule has 0 saturated heterocycles. The largest absolute Gasteiger partial charge is 0.504 e. The Morgan fingerprint density at radius 3 is 2.81 bits per heavy atom. The molecule has 6 heteroatoms. The molecule has 6 nitrogen and oxygen atoms in total. The van der Waals surface area contributed by atoms with E-state index in [1.54, 1.807) is 18.2 Å².